The predicted octanol–water partition coefficient (Wildman–Crippen LogP) is 3.34. The Kier molecular flexibility index (Phi) is 11.3. The minimum Gasteiger partial charge on any atom is -0.459 e. The predicted molar refractivity (Wildman–Crippen MR) is 173 cm³/mol. The van der Waals surface area contributed by atoms with Gasteiger partial charge in [-0.3, -0.25) is 24.0 Å². The molecule has 14 heteroatoms. The van der Waals surface area contributed by atoms with E-state index < -0.39 is 101 Å². The maximum atomic E-state index is 13.4. The van der Waals surface area contributed by atoms with Gasteiger partial charge in [0.15, 0.2) is 35.6 Å². The monoisotopic (exact) mass is 706 g/mol. The van der Waals surface area contributed by atoms with Crippen molar-refractivity contribution in [2.24, 2.45) is 11.3 Å². The van der Waals surface area contributed by atoms with Crippen molar-refractivity contribution < 1.29 is 67.0 Å². The molecule has 1 spiro atoms. The summed E-state index contributed by atoms with van der Waals surface area (Å²) < 4.78 is 41.5. The summed E-state index contributed by atoms with van der Waals surface area (Å²) in [5.41, 5.74) is -6.96. The van der Waals surface area contributed by atoms with E-state index in [0.29, 0.717) is 6.42 Å². The van der Waals surface area contributed by atoms with Crippen LogP contribution < -0.4 is 0 Å². The van der Waals surface area contributed by atoms with E-state index in [1.165, 1.54) is 32.1 Å². The Morgan fingerprint density at radius 2 is 1.40 bits per heavy atom. The van der Waals surface area contributed by atoms with Crippen molar-refractivity contribution in [3.8, 4) is 0 Å². The molecular formula is C36H50O14. The van der Waals surface area contributed by atoms with Crippen LogP contribution in [0.5, 0.6) is 0 Å². The van der Waals surface area contributed by atoms with Crippen LogP contribution in [0, 0.1) is 11.3 Å². The number of unbranched alkanes of at least 4 members (excludes halogenated alkanes) is 4. The van der Waals surface area contributed by atoms with E-state index in [2.05, 4.69) is 6.92 Å². The highest BCUT2D eigenvalue weighted by molar-refractivity contribution is 5.89. The van der Waals surface area contributed by atoms with Crippen LogP contribution >= 0.6 is 0 Å². The third-order valence-electron chi connectivity index (χ3n) is 10.4. The zero-order valence-corrected chi connectivity index (χ0v) is 30.3. The summed E-state index contributed by atoms with van der Waals surface area (Å²) in [7, 11) is 0. The lowest BCUT2D eigenvalue weighted by Crippen LogP contribution is -2.69. The van der Waals surface area contributed by atoms with Crippen LogP contribution in [0.1, 0.15) is 101 Å². The second kappa shape index (κ2) is 14.5. The minimum absolute atomic E-state index is 0.0507. The van der Waals surface area contributed by atoms with Crippen LogP contribution in [0.15, 0.2) is 23.8 Å². The highest BCUT2D eigenvalue weighted by Gasteiger charge is 2.88. The van der Waals surface area contributed by atoms with Crippen molar-refractivity contribution in [3.63, 3.8) is 0 Å². The normalized spacial score (nSPS) is 38.6. The molecule has 0 radical (unpaired) electrons. The number of carbonyl (C=O) groups excluding carboxylic acids is 6. The Labute approximate surface area is 292 Å². The van der Waals surface area contributed by atoms with Gasteiger partial charge in [-0.1, -0.05) is 45.6 Å². The number of fused-ring (bicyclic) bond motifs is 1. The first kappa shape index (κ1) is 39.0. The molecule has 0 amide bonds. The van der Waals surface area contributed by atoms with Crippen LogP contribution in [0.3, 0.4) is 0 Å². The van der Waals surface area contributed by atoms with Crippen molar-refractivity contribution in [1.82, 2.24) is 0 Å². The third kappa shape index (κ3) is 7.05. The van der Waals surface area contributed by atoms with Crippen LogP contribution in [-0.2, 0) is 61.9 Å². The minimum atomic E-state index is -2.13. The molecule has 0 aromatic rings. The average molecular weight is 707 g/mol. The van der Waals surface area contributed by atoms with Gasteiger partial charge in [-0.15, -0.1) is 0 Å². The van der Waals surface area contributed by atoms with Crippen LogP contribution in [-0.4, -0.2) is 94.3 Å². The Bertz CT molecular complexity index is 1450. The van der Waals surface area contributed by atoms with Crippen molar-refractivity contribution in [3.05, 3.63) is 23.8 Å². The van der Waals surface area contributed by atoms with Crippen molar-refractivity contribution in [2.45, 2.75) is 154 Å². The van der Waals surface area contributed by atoms with E-state index in [-0.39, 0.29) is 12.0 Å². The van der Waals surface area contributed by atoms with E-state index in [4.69, 9.17) is 33.2 Å². The smallest absolute Gasteiger partial charge is 0.342 e. The molecule has 11 unspecified atom stereocenters. The van der Waals surface area contributed by atoms with Crippen molar-refractivity contribution in [2.75, 3.05) is 0 Å². The second-order valence-corrected chi connectivity index (χ2v) is 14.3. The molecule has 2 fully saturated rings. The molecule has 11 atom stereocenters. The van der Waals surface area contributed by atoms with E-state index in [0.717, 1.165) is 53.4 Å². The first-order chi connectivity index (χ1) is 23.3. The fraction of sp³-hybridized carbons (Fsp3) is 0.722. The standard InChI is InChI=1S/C36H50O14/c1-10-11-12-13-14-15-26(41)49-27-19(2)18-25-36(35(9,50-36)32(42)48-25)31(47-23(6)40)29-33(7,17-16-24(34(29,8)43)44-20(3)37)30(46-22(5)39)28(27)45-21(4)38/h16-18,24-25,27-31,43H,10-15H2,1-9H3. The third-order valence-corrected chi connectivity index (χ3v) is 10.4. The average Bonchev–Trinajstić information content (AvgIpc) is 3.58. The molecule has 2 aliphatic heterocycles. The summed E-state index contributed by atoms with van der Waals surface area (Å²) in [5, 5.41) is 12.5. The Hall–Kier alpha value is -3.78. The summed E-state index contributed by atoms with van der Waals surface area (Å²) in [6.07, 6.45) is 0.171. The van der Waals surface area contributed by atoms with Gasteiger partial charge in [-0.25, -0.2) is 4.79 Å². The molecule has 2 saturated heterocycles. The highest BCUT2D eigenvalue weighted by atomic mass is 16.7. The summed E-state index contributed by atoms with van der Waals surface area (Å²) in [6.45, 7) is 12.6. The molecule has 1 N–H and O–H groups in total. The number of hydrogen-bond acceptors (Lipinski definition) is 14. The van der Waals surface area contributed by atoms with Gasteiger partial charge in [0.05, 0.1) is 0 Å². The van der Waals surface area contributed by atoms with E-state index in [1.807, 2.05) is 0 Å². The van der Waals surface area contributed by atoms with Gasteiger partial charge < -0.3 is 38.3 Å². The van der Waals surface area contributed by atoms with Gasteiger partial charge in [0, 0.05) is 45.4 Å². The Balaban J connectivity index is 2.01. The number of aliphatic hydroxyl groups is 1. The van der Waals surface area contributed by atoms with Gasteiger partial charge in [0.25, 0.3) is 0 Å². The van der Waals surface area contributed by atoms with Gasteiger partial charge in [0.2, 0.25) is 0 Å². The number of ether oxygens (including phenoxy) is 7. The van der Waals surface area contributed by atoms with Gasteiger partial charge in [-0.05, 0) is 44.9 Å². The Morgan fingerprint density at radius 1 is 0.820 bits per heavy atom. The number of carbonyl (C=O) groups is 6. The van der Waals surface area contributed by atoms with Gasteiger partial charge in [0.1, 0.15) is 17.8 Å². The summed E-state index contributed by atoms with van der Waals surface area (Å²) in [4.78, 5) is 77.7. The maximum Gasteiger partial charge on any atom is 0.342 e. The lowest BCUT2D eigenvalue weighted by molar-refractivity contribution is -0.233. The van der Waals surface area contributed by atoms with E-state index in [1.54, 1.807) is 13.8 Å². The first-order valence-corrected chi connectivity index (χ1v) is 17.2. The molecule has 0 saturated carbocycles. The molecule has 4 rings (SSSR count). The SMILES string of the molecule is CCCCCCCC(=O)OC1C(C)=CC2OC(=O)C3(C)OC23C(OC(C)=O)C2C(C)(O)C(OC(C)=O)C=CC2(C)C(OC(C)=O)C1OC(C)=O. The lowest BCUT2D eigenvalue weighted by Gasteiger charge is -2.56. The van der Waals surface area contributed by atoms with Crippen LogP contribution in [0.2, 0.25) is 0 Å². The molecule has 0 bridgehead atoms. The molecule has 278 valence electrons. The summed E-state index contributed by atoms with van der Waals surface area (Å²) in [6, 6.07) is 0. The molecule has 14 nitrogen and oxygen atoms in total. The second-order valence-electron chi connectivity index (χ2n) is 14.3. The zero-order valence-electron chi connectivity index (χ0n) is 30.3. The maximum absolute atomic E-state index is 13.4. The van der Waals surface area contributed by atoms with E-state index in [9.17, 15) is 33.9 Å². The molecule has 0 aromatic carbocycles. The Morgan fingerprint density at radius 3 is 1.96 bits per heavy atom. The quantitative estimate of drug-likeness (QED) is 0.108. The van der Waals surface area contributed by atoms with Gasteiger partial charge in [-0.2, -0.15) is 0 Å². The number of esters is 6. The van der Waals surface area contributed by atoms with Crippen LogP contribution in [0.4, 0.5) is 0 Å². The number of rotatable bonds is 11. The molecule has 2 heterocycles. The first-order valence-electron chi connectivity index (χ1n) is 17.2. The highest BCUT2D eigenvalue weighted by Crippen LogP contribution is 2.65. The number of epoxide rings is 1. The van der Waals surface area contributed by atoms with Gasteiger partial charge >= 0.3 is 35.8 Å². The van der Waals surface area contributed by atoms with Crippen molar-refractivity contribution >= 4 is 35.8 Å². The molecule has 2 aliphatic carbocycles. The fourth-order valence-corrected chi connectivity index (χ4v) is 8.06. The molecular weight excluding hydrogens is 656 g/mol. The molecule has 50 heavy (non-hydrogen) atoms. The fourth-order valence-electron chi connectivity index (χ4n) is 8.06. The summed E-state index contributed by atoms with van der Waals surface area (Å²) in [5.74, 6) is -5.96. The summed E-state index contributed by atoms with van der Waals surface area (Å²) >= 11 is 0. The van der Waals surface area contributed by atoms with Crippen LogP contribution in [0.25, 0.3) is 0 Å². The zero-order chi connectivity index (χ0) is 37.4. The molecule has 4 aliphatic rings. The number of hydrogen-bond donors (Lipinski definition) is 1. The molecule has 0 aromatic heterocycles. The van der Waals surface area contributed by atoms with E-state index >= 15 is 0 Å². The lowest BCUT2D eigenvalue weighted by atomic mass is 9.55. The largest absolute Gasteiger partial charge is 0.459 e. The van der Waals surface area contributed by atoms with Crippen molar-refractivity contribution in [1.29, 1.82) is 0 Å². The topological polar surface area (TPSA) is 191 Å².